The monoisotopic (exact) mass is 409 g/mol. The van der Waals surface area contributed by atoms with Crippen LogP contribution in [0.25, 0.3) is 0 Å². The summed E-state index contributed by atoms with van der Waals surface area (Å²) in [5.74, 6) is 1.66. The van der Waals surface area contributed by atoms with Crippen LogP contribution in [0.15, 0.2) is 59.8 Å². The van der Waals surface area contributed by atoms with E-state index in [9.17, 15) is 10.1 Å². The Morgan fingerprint density at radius 1 is 1.03 bits per heavy atom. The molecule has 3 rings (SSSR count). The van der Waals surface area contributed by atoms with Crippen LogP contribution >= 0.6 is 11.8 Å². The molecule has 1 aromatic heterocycles. The topological polar surface area (TPSA) is 78.2 Å². The van der Waals surface area contributed by atoms with Crippen molar-refractivity contribution in [1.82, 2.24) is 9.97 Å². The molecule has 0 N–H and O–H groups in total. The lowest BCUT2D eigenvalue weighted by molar-refractivity contribution is -0.384. The van der Waals surface area contributed by atoms with E-state index >= 15 is 0 Å². The van der Waals surface area contributed by atoms with E-state index in [1.807, 2.05) is 6.92 Å². The zero-order valence-electron chi connectivity index (χ0n) is 16.9. The van der Waals surface area contributed by atoms with Gasteiger partial charge >= 0.3 is 0 Å². The zero-order valence-corrected chi connectivity index (χ0v) is 17.7. The Kier molecular flexibility index (Phi) is 6.17. The smallest absolute Gasteiger partial charge is 0.269 e. The molecule has 0 radical (unpaired) electrons. The predicted molar refractivity (Wildman–Crippen MR) is 115 cm³/mol. The highest BCUT2D eigenvalue weighted by Gasteiger charge is 2.13. The number of ether oxygens (including phenoxy) is 1. The molecule has 0 saturated carbocycles. The summed E-state index contributed by atoms with van der Waals surface area (Å²) in [7, 11) is 0. The van der Waals surface area contributed by atoms with Crippen LogP contribution in [0.3, 0.4) is 0 Å². The second-order valence-corrected chi connectivity index (χ2v) is 8.66. The van der Waals surface area contributed by atoms with E-state index in [0.717, 1.165) is 11.4 Å². The van der Waals surface area contributed by atoms with E-state index < -0.39 is 4.92 Å². The number of nitrogens with zero attached hydrogens (tertiary/aromatic N) is 3. The SMILES string of the molecule is Cc1cc(Oc2ccc([N+](=O)[O-])cc2)nc(SCc2ccc(C(C)(C)C)cc2)n1. The van der Waals surface area contributed by atoms with Gasteiger partial charge in [-0.25, -0.2) is 4.98 Å². The minimum atomic E-state index is -0.443. The highest BCUT2D eigenvalue weighted by Crippen LogP contribution is 2.27. The molecule has 0 unspecified atom stereocenters. The lowest BCUT2D eigenvalue weighted by atomic mass is 9.87. The Labute approximate surface area is 174 Å². The van der Waals surface area contributed by atoms with Gasteiger partial charge in [-0.05, 0) is 35.6 Å². The number of benzene rings is 2. The summed E-state index contributed by atoms with van der Waals surface area (Å²) < 4.78 is 5.75. The van der Waals surface area contributed by atoms with Crippen molar-refractivity contribution in [3.05, 3.63) is 81.5 Å². The van der Waals surface area contributed by atoms with Gasteiger partial charge in [-0.15, -0.1) is 0 Å². The van der Waals surface area contributed by atoms with Crippen LogP contribution in [0.2, 0.25) is 0 Å². The van der Waals surface area contributed by atoms with Gasteiger partial charge in [0.05, 0.1) is 4.92 Å². The average molecular weight is 410 g/mol. The first-order chi connectivity index (χ1) is 13.7. The third kappa shape index (κ3) is 5.77. The molecular formula is C22H23N3O3S. The van der Waals surface area contributed by atoms with Gasteiger partial charge in [0.1, 0.15) is 5.75 Å². The first kappa shape index (κ1) is 20.8. The second-order valence-electron chi connectivity index (χ2n) is 7.72. The molecule has 29 heavy (non-hydrogen) atoms. The van der Waals surface area contributed by atoms with Crippen LogP contribution in [0, 0.1) is 17.0 Å². The maximum Gasteiger partial charge on any atom is 0.269 e. The molecule has 2 aromatic carbocycles. The van der Waals surface area contributed by atoms with Crippen molar-refractivity contribution in [2.75, 3.05) is 0 Å². The lowest BCUT2D eigenvalue weighted by Gasteiger charge is -2.19. The number of thioether (sulfide) groups is 1. The Hall–Kier alpha value is -2.93. The van der Waals surface area contributed by atoms with Gasteiger partial charge in [0.15, 0.2) is 5.16 Å². The fourth-order valence-electron chi connectivity index (χ4n) is 2.64. The zero-order chi connectivity index (χ0) is 21.0. The van der Waals surface area contributed by atoms with Crippen LogP contribution < -0.4 is 4.74 Å². The van der Waals surface area contributed by atoms with Gasteiger partial charge in [0.2, 0.25) is 5.88 Å². The minimum Gasteiger partial charge on any atom is -0.439 e. The van der Waals surface area contributed by atoms with E-state index in [1.54, 1.807) is 30.0 Å². The van der Waals surface area contributed by atoms with Crippen molar-refractivity contribution in [1.29, 1.82) is 0 Å². The van der Waals surface area contributed by atoms with E-state index in [1.165, 1.54) is 23.3 Å². The van der Waals surface area contributed by atoms with E-state index in [-0.39, 0.29) is 11.1 Å². The van der Waals surface area contributed by atoms with Crippen LogP contribution in [0.4, 0.5) is 5.69 Å². The highest BCUT2D eigenvalue weighted by atomic mass is 32.2. The van der Waals surface area contributed by atoms with Crippen molar-refractivity contribution in [2.24, 2.45) is 0 Å². The van der Waals surface area contributed by atoms with Crippen molar-refractivity contribution in [2.45, 2.75) is 44.0 Å². The summed E-state index contributed by atoms with van der Waals surface area (Å²) in [6.45, 7) is 8.48. The van der Waals surface area contributed by atoms with Gasteiger partial charge < -0.3 is 4.74 Å². The molecule has 0 bridgehead atoms. The van der Waals surface area contributed by atoms with Gasteiger partial charge in [-0.3, -0.25) is 10.1 Å². The second kappa shape index (κ2) is 8.61. The lowest BCUT2D eigenvalue weighted by Crippen LogP contribution is -2.10. The van der Waals surface area contributed by atoms with Crippen LogP contribution in [-0.4, -0.2) is 14.9 Å². The molecule has 0 saturated heterocycles. The predicted octanol–water partition coefficient (Wildman–Crippen LogP) is 6.08. The summed E-state index contributed by atoms with van der Waals surface area (Å²) in [4.78, 5) is 19.2. The number of non-ortho nitro benzene ring substituents is 1. The third-order valence-corrected chi connectivity index (χ3v) is 5.19. The normalized spacial score (nSPS) is 11.3. The van der Waals surface area contributed by atoms with Crippen LogP contribution in [0.1, 0.15) is 37.6 Å². The largest absolute Gasteiger partial charge is 0.439 e. The molecule has 150 valence electrons. The first-order valence-electron chi connectivity index (χ1n) is 9.21. The summed E-state index contributed by atoms with van der Waals surface area (Å²) in [5, 5.41) is 11.4. The van der Waals surface area contributed by atoms with Crippen molar-refractivity contribution < 1.29 is 9.66 Å². The number of aromatic nitrogens is 2. The van der Waals surface area contributed by atoms with Crippen LogP contribution in [0.5, 0.6) is 11.6 Å². The maximum atomic E-state index is 10.8. The fourth-order valence-corrected chi connectivity index (χ4v) is 3.49. The number of nitro benzene ring substituents is 1. The van der Waals surface area contributed by atoms with Gasteiger partial charge in [0.25, 0.3) is 5.69 Å². The van der Waals surface area contributed by atoms with Gasteiger partial charge in [-0.1, -0.05) is 56.8 Å². The Balaban J connectivity index is 1.68. The number of hydrogen-bond acceptors (Lipinski definition) is 6. The summed E-state index contributed by atoms with van der Waals surface area (Å²) in [6.07, 6.45) is 0. The molecular weight excluding hydrogens is 386 g/mol. The van der Waals surface area contributed by atoms with Crippen molar-refractivity contribution in [3.63, 3.8) is 0 Å². The summed E-state index contributed by atoms with van der Waals surface area (Å²) in [5.41, 5.74) is 3.45. The highest BCUT2D eigenvalue weighted by molar-refractivity contribution is 7.98. The quantitative estimate of drug-likeness (QED) is 0.213. The molecule has 0 spiro atoms. The molecule has 0 atom stereocenters. The third-order valence-electron chi connectivity index (χ3n) is 4.27. The number of rotatable bonds is 6. The fraction of sp³-hybridized carbons (Fsp3) is 0.273. The van der Waals surface area contributed by atoms with Crippen LogP contribution in [-0.2, 0) is 11.2 Å². The Morgan fingerprint density at radius 3 is 2.28 bits per heavy atom. The molecule has 6 nitrogen and oxygen atoms in total. The average Bonchev–Trinajstić information content (AvgIpc) is 2.66. The Bertz CT molecular complexity index is 997. The molecule has 0 fully saturated rings. The molecule has 0 aliphatic carbocycles. The van der Waals surface area contributed by atoms with Gasteiger partial charge in [-0.2, -0.15) is 4.98 Å². The molecule has 3 aromatic rings. The molecule has 1 heterocycles. The minimum absolute atomic E-state index is 0.0185. The molecule has 0 aliphatic heterocycles. The van der Waals surface area contributed by atoms with Gasteiger partial charge in [0, 0.05) is 29.6 Å². The number of nitro groups is 1. The van der Waals surface area contributed by atoms with E-state index in [2.05, 4.69) is 55.0 Å². The number of hydrogen-bond donors (Lipinski definition) is 0. The molecule has 0 aliphatic rings. The first-order valence-corrected chi connectivity index (χ1v) is 10.2. The van der Waals surface area contributed by atoms with E-state index in [0.29, 0.717) is 16.8 Å². The molecule has 7 heteroatoms. The summed E-state index contributed by atoms with van der Waals surface area (Å²) >= 11 is 1.54. The standard InChI is InChI=1S/C22H23N3O3S/c1-15-13-20(28-19-11-9-18(10-12-19)25(26)27)24-21(23-15)29-14-16-5-7-17(8-6-16)22(2,3)4/h5-13H,14H2,1-4H3. The van der Waals surface area contributed by atoms with Crippen molar-refractivity contribution in [3.8, 4) is 11.6 Å². The Morgan fingerprint density at radius 2 is 1.69 bits per heavy atom. The number of aryl methyl sites for hydroxylation is 1. The summed E-state index contributed by atoms with van der Waals surface area (Å²) in [6, 6.07) is 16.3. The van der Waals surface area contributed by atoms with E-state index in [4.69, 9.17) is 4.74 Å². The maximum absolute atomic E-state index is 10.8. The molecule has 0 amide bonds. The van der Waals surface area contributed by atoms with Crippen molar-refractivity contribution >= 4 is 17.4 Å².